The zero-order valence-electron chi connectivity index (χ0n) is 15.7. The Labute approximate surface area is 160 Å². The molecule has 2 aromatic carbocycles. The third-order valence-electron chi connectivity index (χ3n) is 4.95. The minimum absolute atomic E-state index is 0.613. The molecule has 0 radical (unpaired) electrons. The van der Waals surface area contributed by atoms with Crippen molar-refractivity contribution in [2.75, 3.05) is 56.9 Å². The number of hydrogen-bond acceptors (Lipinski definition) is 6. The summed E-state index contributed by atoms with van der Waals surface area (Å²) in [5.74, 6) is 1.50. The molecule has 2 heterocycles. The van der Waals surface area contributed by atoms with Crippen LogP contribution in [0, 0.1) is 0 Å². The van der Waals surface area contributed by atoms with Gasteiger partial charge in [0.05, 0.1) is 5.52 Å². The van der Waals surface area contributed by atoms with E-state index in [0.717, 1.165) is 61.7 Å². The third-order valence-corrected chi connectivity index (χ3v) is 4.95. The SMILES string of the molecule is CN1CCN(CCNc2nc(Nc3ccccc3)nc3ccccc23)CC1. The van der Waals surface area contributed by atoms with Gasteiger partial charge < -0.3 is 15.5 Å². The molecule has 1 aliphatic heterocycles. The van der Waals surface area contributed by atoms with E-state index in [9.17, 15) is 0 Å². The van der Waals surface area contributed by atoms with E-state index in [1.165, 1.54) is 0 Å². The van der Waals surface area contributed by atoms with Gasteiger partial charge in [-0.3, -0.25) is 4.90 Å². The number of benzene rings is 2. The lowest BCUT2D eigenvalue weighted by molar-refractivity contribution is 0.158. The number of likely N-dealkylation sites (N-methyl/N-ethyl adjacent to an activating group) is 1. The van der Waals surface area contributed by atoms with Crippen molar-refractivity contribution < 1.29 is 0 Å². The largest absolute Gasteiger partial charge is 0.368 e. The maximum absolute atomic E-state index is 4.73. The molecule has 3 aromatic rings. The molecule has 0 unspecified atom stereocenters. The van der Waals surface area contributed by atoms with Crippen molar-refractivity contribution in [3.8, 4) is 0 Å². The maximum Gasteiger partial charge on any atom is 0.229 e. The second-order valence-electron chi connectivity index (χ2n) is 6.98. The van der Waals surface area contributed by atoms with Gasteiger partial charge in [0.15, 0.2) is 0 Å². The Morgan fingerprint density at radius 2 is 1.63 bits per heavy atom. The maximum atomic E-state index is 4.73. The van der Waals surface area contributed by atoms with Crippen LogP contribution in [0.5, 0.6) is 0 Å². The number of nitrogens with zero attached hydrogens (tertiary/aromatic N) is 4. The highest BCUT2D eigenvalue weighted by Crippen LogP contribution is 2.23. The van der Waals surface area contributed by atoms with Crippen LogP contribution in [0.25, 0.3) is 10.9 Å². The summed E-state index contributed by atoms with van der Waals surface area (Å²) in [4.78, 5) is 14.3. The molecule has 1 aliphatic rings. The Morgan fingerprint density at radius 1 is 0.889 bits per heavy atom. The first-order valence-corrected chi connectivity index (χ1v) is 9.51. The van der Waals surface area contributed by atoms with E-state index in [0.29, 0.717) is 5.95 Å². The first kappa shape index (κ1) is 17.7. The number of fused-ring (bicyclic) bond motifs is 1. The van der Waals surface area contributed by atoms with Crippen LogP contribution in [0.15, 0.2) is 54.6 Å². The normalized spacial score (nSPS) is 15.7. The number of aromatic nitrogens is 2. The lowest BCUT2D eigenvalue weighted by Gasteiger charge is -2.32. The molecule has 0 amide bonds. The monoisotopic (exact) mass is 362 g/mol. The van der Waals surface area contributed by atoms with Crippen LogP contribution in [-0.4, -0.2) is 66.1 Å². The van der Waals surface area contributed by atoms with E-state index < -0.39 is 0 Å². The van der Waals surface area contributed by atoms with Gasteiger partial charge in [0.25, 0.3) is 0 Å². The number of hydrogen-bond donors (Lipinski definition) is 2. The standard InChI is InChI=1S/C21H26N6/c1-26-13-15-27(16-14-26)12-11-22-20-18-9-5-6-10-19(18)24-21(25-20)23-17-7-3-2-4-8-17/h2-10H,11-16H2,1H3,(H2,22,23,24,25). The van der Waals surface area contributed by atoms with Gasteiger partial charge in [-0.25, -0.2) is 4.98 Å². The van der Waals surface area contributed by atoms with Gasteiger partial charge in [0.2, 0.25) is 5.95 Å². The molecule has 1 fully saturated rings. The smallest absolute Gasteiger partial charge is 0.229 e. The van der Waals surface area contributed by atoms with Crippen molar-refractivity contribution in [2.24, 2.45) is 0 Å². The molecule has 1 saturated heterocycles. The zero-order valence-corrected chi connectivity index (χ0v) is 15.7. The van der Waals surface area contributed by atoms with Crippen LogP contribution < -0.4 is 10.6 Å². The van der Waals surface area contributed by atoms with Crippen LogP contribution in [-0.2, 0) is 0 Å². The fourth-order valence-electron chi connectivity index (χ4n) is 3.32. The van der Waals surface area contributed by atoms with Gasteiger partial charge in [-0.15, -0.1) is 0 Å². The number of piperazine rings is 1. The average molecular weight is 362 g/mol. The summed E-state index contributed by atoms with van der Waals surface area (Å²) in [5, 5.41) is 7.88. The van der Waals surface area contributed by atoms with E-state index in [-0.39, 0.29) is 0 Å². The molecular weight excluding hydrogens is 336 g/mol. The van der Waals surface area contributed by atoms with Crippen molar-refractivity contribution in [3.05, 3.63) is 54.6 Å². The molecule has 140 valence electrons. The van der Waals surface area contributed by atoms with Gasteiger partial charge >= 0.3 is 0 Å². The minimum Gasteiger partial charge on any atom is -0.368 e. The third kappa shape index (κ3) is 4.53. The summed E-state index contributed by atoms with van der Waals surface area (Å²) in [6.45, 7) is 6.43. The van der Waals surface area contributed by atoms with E-state index in [1.807, 2.05) is 48.5 Å². The molecule has 6 heteroatoms. The van der Waals surface area contributed by atoms with Crippen molar-refractivity contribution >= 4 is 28.4 Å². The minimum atomic E-state index is 0.613. The highest BCUT2D eigenvalue weighted by Gasteiger charge is 2.13. The van der Waals surface area contributed by atoms with Gasteiger partial charge in [0, 0.05) is 50.3 Å². The molecule has 0 saturated carbocycles. The van der Waals surface area contributed by atoms with Crippen molar-refractivity contribution in [3.63, 3.8) is 0 Å². The zero-order chi connectivity index (χ0) is 18.5. The molecule has 1 aromatic heterocycles. The summed E-state index contributed by atoms with van der Waals surface area (Å²) in [6.07, 6.45) is 0. The molecule has 4 rings (SSSR count). The summed E-state index contributed by atoms with van der Waals surface area (Å²) < 4.78 is 0. The number of nitrogens with one attached hydrogen (secondary N) is 2. The van der Waals surface area contributed by atoms with E-state index in [1.54, 1.807) is 0 Å². The predicted octanol–water partition coefficient (Wildman–Crippen LogP) is 3.03. The quantitative estimate of drug-likeness (QED) is 0.703. The molecule has 6 nitrogen and oxygen atoms in total. The topological polar surface area (TPSA) is 56.3 Å². The summed E-state index contributed by atoms with van der Waals surface area (Å²) in [5.41, 5.74) is 1.92. The molecule has 2 N–H and O–H groups in total. The van der Waals surface area contributed by atoms with E-state index >= 15 is 0 Å². The molecule has 27 heavy (non-hydrogen) atoms. The van der Waals surface area contributed by atoms with Gasteiger partial charge in [0.1, 0.15) is 5.82 Å². The second-order valence-corrected chi connectivity index (χ2v) is 6.98. The Kier molecular flexibility index (Phi) is 5.46. The highest BCUT2D eigenvalue weighted by atomic mass is 15.3. The Hall–Kier alpha value is -2.70. The molecule has 0 bridgehead atoms. The summed E-state index contributed by atoms with van der Waals surface area (Å²) in [7, 11) is 2.18. The lowest BCUT2D eigenvalue weighted by atomic mass is 10.2. The van der Waals surface area contributed by atoms with Gasteiger partial charge in [-0.2, -0.15) is 4.98 Å². The van der Waals surface area contributed by atoms with Gasteiger partial charge in [-0.05, 0) is 31.3 Å². The number of rotatable bonds is 6. The van der Waals surface area contributed by atoms with Crippen LogP contribution in [0.4, 0.5) is 17.5 Å². The highest BCUT2D eigenvalue weighted by molar-refractivity contribution is 5.90. The van der Waals surface area contributed by atoms with E-state index in [2.05, 4.69) is 38.5 Å². The Balaban J connectivity index is 1.48. The molecule has 0 atom stereocenters. The average Bonchev–Trinajstić information content (AvgIpc) is 2.70. The predicted molar refractivity (Wildman–Crippen MR) is 112 cm³/mol. The van der Waals surface area contributed by atoms with Crippen LogP contribution in [0.3, 0.4) is 0 Å². The second kappa shape index (κ2) is 8.33. The summed E-state index contributed by atoms with van der Waals surface area (Å²) in [6, 6.07) is 18.2. The van der Waals surface area contributed by atoms with E-state index in [4.69, 9.17) is 4.98 Å². The van der Waals surface area contributed by atoms with Crippen LogP contribution >= 0.6 is 0 Å². The first-order valence-electron chi connectivity index (χ1n) is 9.51. The fraction of sp³-hybridized carbons (Fsp3) is 0.333. The van der Waals surface area contributed by atoms with Crippen LogP contribution in [0.1, 0.15) is 0 Å². The van der Waals surface area contributed by atoms with Crippen molar-refractivity contribution in [2.45, 2.75) is 0 Å². The summed E-state index contributed by atoms with van der Waals surface area (Å²) >= 11 is 0. The van der Waals surface area contributed by atoms with Crippen LogP contribution in [0.2, 0.25) is 0 Å². The number of anilines is 3. The molecule has 0 spiro atoms. The van der Waals surface area contributed by atoms with Crippen molar-refractivity contribution in [1.29, 1.82) is 0 Å². The fourth-order valence-corrected chi connectivity index (χ4v) is 3.32. The number of para-hydroxylation sites is 2. The molecule has 0 aliphatic carbocycles. The lowest BCUT2D eigenvalue weighted by Crippen LogP contribution is -2.45. The van der Waals surface area contributed by atoms with Crippen molar-refractivity contribution in [1.82, 2.24) is 19.8 Å². The Bertz CT molecular complexity index is 874. The Morgan fingerprint density at radius 3 is 2.44 bits per heavy atom. The van der Waals surface area contributed by atoms with Gasteiger partial charge in [-0.1, -0.05) is 30.3 Å². The molecular formula is C21H26N6. The first-order chi connectivity index (χ1) is 13.3.